The molecule has 0 aliphatic carbocycles. The van der Waals surface area contributed by atoms with Crippen LogP contribution in [0.2, 0.25) is 0 Å². The molecule has 6 heteroatoms. The second kappa shape index (κ2) is 6.72. The van der Waals surface area contributed by atoms with Gasteiger partial charge in [0.1, 0.15) is 0 Å². The highest BCUT2D eigenvalue weighted by atomic mass is 32.2. The first-order chi connectivity index (χ1) is 10.4. The van der Waals surface area contributed by atoms with Crippen molar-refractivity contribution in [3.8, 4) is 0 Å². The molecule has 2 aromatic carbocycles. The lowest BCUT2D eigenvalue weighted by Crippen LogP contribution is -2.20. The van der Waals surface area contributed by atoms with E-state index >= 15 is 0 Å². The summed E-state index contributed by atoms with van der Waals surface area (Å²) in [7, 11) is -3.39. The molecule has 0 fully saturated rings. The normalized spacial score (nSPS) is 11.2. The van der Waals surface area contributed by atoms with E-state index in [2.05, 4.69) is 0 Å². The molecule has 0 unspecified atom stereocenters. The number of hydrogen-bond donors (Lipinski definition) is 2. The third-order valence-electron chi connectivity index (χ3n) is 3.25. The van der Waals surface area contributed by atoms with Crippen LogP contribution in [-0.2, 0) is 26.8 Å². The Morgan fingerprint density at radius 3 is 2.09 bits per heavy atom. The summed E-state index contributed by atoms with van der Waals surface area (Å²) in [4.78, 5) is 11.3. The van der Waals surface area contributed by atoms with Gasteiger partial charge in [-0.25, -0.2) is 13.9 Å². The SMILES string of the molecule is Cc1ccc(S(=O)(=O)Cc2ccc(CC(=O)NO)cc2)cc1. The van der Waals surface area contributed by atoms with Crippen molar-refractivity contribution < 1.29 is 18.4 Å². The average Bonchev–Trinajstić information content (AvgIpc) is 2.49. The topological polar surface area (TPSA) is 83.5 Å². The van der Waals surface area contributed by atoms with Crippen molar-refractivity contribution >= 4 is 15.7 Å². The zero-order chi connectivity index (χ0) is 16.2. The van der Waals surface area contributed by atoms with Gasteiger partial charge in [0.15, 0.2) is 9.84 Å². The number of sulfone groups is 1. The van der Waals surface area contributed by atoms with E-state index < -0.39 is 15.7 Å². The molecule has 2 N–H and O–H groups in total. The molecular formula is C16H17NO4S. The maximum atomic E-state index is 12.3. The standard InChI is InChI=1S/C16H17NO4S/c1-12-2-8-15(9-3-12)22(20,21)11-14-6-4-13(5-7-14)10-16(18)17-19/h2-9,19H,10-11H2,1H3,(H,17,18). The summed E-state index contributed by atoms with van der Waals surface area (Å²) >= 11 is 0. The molecule has 22 heavy (non-hydrogen) atoms. The van der Waals surface area contributed by atoms with Crippen LogP contribution in [0.5, 0.6) is 0 Å². The predicted molar refractivity (Wildman–Crippen MR) is 82.1 cm³/mol. The van der Waals surface area contributed by atoms with Crippen LogP contribution >= 0.6 is 0 Å². The molecule has 0 aromatic heterocycles. The third kappa shape index (κ3) is 4.16. The molecular weight excluding hydrogens is 302 g/mol. The number of rotatable bonds is 5. The van der Waals surface area contributed by atoms with Gasteiger partial charge in [0, 0.05) is 0 Å². The molecule has 1 amide bonds. The van der Waals surface area contributed by atoms with Gasteiger partial charge in [-0.3, -0.25) is 10.0 Å². The second-order valence-electron chi connectivity index (χ2n) is 5.10. The fourth-order valence-electron chi connectivity index (χ4n) is 2.03. The van der Waals surface area contributed by atoms with Crippen molar-refractivity contribution in [1.29, 1.82) is 0 Å². The summed E-state index contributed by atoms with van der Waals surface area (Å²) < 4.78 is 24.6. The Bertz CT molecular complexity index is 750. The molecule has 0 spiro atoms. The monoisotopic (exact) mass is 319 g/mol. The van der Waals surface area contributed by atoms with E-state index in [4.69, 9.17) is 5.21 Å². The van der Waals surface area contributed by atoms with Crippen LogP contribution in [0.1, 0.15) is 16.7 Å². The van der Waals surface area contributed by atoms with E-state index in [0.717, 1.165) is 5.56 Å². The van der Waals surface area contributed by atoms with Crippen LogP contribution in [0.25, 0.3) is 0 Å². The van der Waals surface area contributed by atoms with E-state index in [1.807, 2.05) is 6.92 Å². The Labute approximate surface area is 129 Å². The van der Waals surface area contributed by atoms with Gasteiger partial charge in [0.2, 0.25) is 5.91 Å². The van der Waals surface area contributed by atoms with Crippen LogP contribution in [-0.4, -0.2) is 19.5 Å². The fourth-order valence-corrected chi connectivity index (χ4v) is 3.38. The lowest BCUT2D eigenvalue weighted by Gasteiger charge is -2.06. The largest absolute Gasteiger partial charge is 0.289 e. The van der Waals surface area contributed by atoms with Crippen LogP contribution in [0.15, 0.2) is 53.4 Å². The van der Waals surface area contributed by atoms with Gasteiger partial charge in [-0.15, -0.1) is 0 Å². The number of amides is 1. The average molecular weight is 319 g/mol. The van der Waals surface area contributed by atoms with Crippen molar-refractivity contribution in [3.63, 3.8) is 0 Å². The Morgan fingerprint density at radius 2 is 1.55 bits per heavy atom. The van der Waals surface area contributed by atoms with Crippen molar-refractivity contribution in [2.45, 2.75) is 24.0 Å². The molecule has 0 radical (unpaired) electrons. The van der Waals surface area contributed by atoms with Crippen LogP contribution in [0.4, 0.5) is 0 Å². The first-order valence-electron chi connectivity index (χ1n) is 6.71. The molecule has 0 bridgehead atoms. The van der Waals surface area contributed by atoms with E-state index in [1.165, 1.54) is 0 Å². The number of benzene rings is 2. The van der Waals surface area contributed by atoms with E-state index in [1.54, 1.807) is 54.0 Å². The number of aryl methyl sites for hydroxylation is 1. The van der Waals surface area contributed by atoms with Gasteiger partial charge < -0.3 is 0 Å². The Kier molecular flexibility index (Phi) is 4.95. The van der Waals surface area contributed by atoms with Crippen molar-refractivity contribution in [3.05, 3.63) is 65.2 Å². The molecule has 0 saturated heterocycles. The third-order valence-corrected chi connectivity index (χ3v) is 4.95. The fraction of sp³-hybridized carbons (Fsp3) is 0.188. The second-order valence-corrected chi connectivity index (χ2v) is 7.09. The van der Waals surface area contributed by atoms with Gasteiger partial charge >= 0.3 is 0 Å². The molecule has 116 valence electrons. The summed E-state index contributed by atoms with van der Waals surface area (Å²) in [6.07, 6.45) is 0.0431. The molecule has 0 heterocycles. The quantitative estimate of drug-likeness (QED) is 0.652. The van der Waals surface area contributed by atoms with Gasteiger partial charge in [0.25, 0.3) is 0 Å². The summed E-state index contributed by atoms with van der Waals surface area (Å²) in [5.74, 6) is -0.609. The van der Waals surface area contributed by atoms with E-state index in [9.17, 15) is 13.2 Å². The Balaban J connectivity index is 2.13. The van der Waals surface area contributed by atoms with E-state index in [-0.39, 0.29) is 12.2 Å². The Hall–Kier alpha value is -2.18. The predicted octanol–water partition coefficient (Wildman–Crippen LogP) is 2.02. The minimum absolute atomic E-state index is 0.0431. The number of hydroxylamine groups is 1. The molecule has 0 aliphatic rings. The zero-order valence-corrected chi connectivity index (χ0v) is 12.9. The molecule has 5 nitrogen and oxygen atoms in total. The van der Waals surface area contributed by atoms with Crippen molar-refractivity contribution in [1.82, 2.24) is 5.48 Å². The number of carbonyl (C=O) groups excluding carboxylic acids is 1. The van der Waals surface area contributed by atoms with Crippen LogP contribution in [0, 0.1) is 6.92 Å². The first-order valence-corrected chi connectivity index (χ1v) is 8.36. The highest BCUT2D eigenvalue weighted by Gasteiger charge is 2.15. The summed E-state index contributed by atoms with van der Waals surface area (Å²) in [5, 5.41) is 8.47. The van der Waals surface area contributed by atoms with Gasteiger partial charge in [0.05, 0.1) is 17.1 Å². The smallest absolute Gasteiger partial charge is 0.247 e. The molecule has 0 atom stereocenters. The minimum atomic E-state index is -3.39. The van der Waals surface area contributed by atoms with Crippen molar-refractivity contribution in [2.75, 3.05) is 0 Å². The lowest BCUT2D eigenvalue weighted by atomic mass is 10.1. The number of carbonyl (C=O) groups is 1. The number of hydrogen-bond acceptors (Lipinski definition) is 4. The van der Waals surface area contributed by atoms with Crippen molar-refractivity contribution in [2.24, 2.45) is 0 Å². The van der Waals surface area contributed by atoms with E-state index in [0.29, 0.717) is 16.0 Å². The van der Waals surface area contributed by atoms with Gasteiger partial charge in [-0.05, 0) is 30.2 Å². The number of nitrogens with one attached hydrogen (secondary N) is 1. The maximum absolute atomic E-state index is 12.3. The maximum Gasteiger partial charge on any atom is 0.247 e. The molecule has 2 rings (SSSR count). The van der Waals surface area contributed by atoms with Crippen LogP contribution < -0.4 is 5.48 Å². The summed E-state index contributed by atoms with van der Waals surface area (Å²) in [6.45, 7) is 1.90. The molecule has 0 aliphatic heterocycles. The lowest BCUT2D eigenvalue weighted by molar-refractivity contribution is -0.128. The molecule has 0 saturated carbocycles. The zero-order valence-electron chi connectivity index (χ0n) is 12.1. The van der Waals surface area contributed by atoms with Gasteiger partial charge in [-0.2, -0.15) is 0 Å². The highest BCUT2D eigenvalue weighted by molar-refractivity contribution is 7.90. The highest BCUT2D eigenvalue weighted by Crippen LogP contribution is 2.17. The van der Waals surface area contributed by atoms with Crippen LogP contribution in [0.3, 0.4) is 0 Å². The van der Waals surface area contributed by atoms with Gasteiger partial charge in [-0.1, -0.05) is 42.0 Å². The summed E-state index contributed by atoms with van der Waals surface area (Å²) in [6, 6.07) is 13.4. The first kappa shape index (κ1) is 16.2. The minimum Gasteiger partial charge on any atom is -0.289 e. The Morgan fingerprint density at radius 1 is 1.00 bits per heavy atom. The summed E-state index contributed by atoms with van der Waals surface area (Å²) in [5.41, 5.74) is 3.91. The molecule has 2 aromatic rings.